The van der Waals surface area contributed by atoms with Crippen LogP contribution in [0.1, 0.15) is 41.0 Å². The summed E-state index contributed by atoms with van der Waals surface area (Å²) >= 11 is 0. The summed E-state index contributed by atoms with van der Waals surface area (Å²) in [5, 5.41) is 8.29. The lowest BCUT2D eigenvalue weighted by atomic mass is 10.0. The Labute approximate surface area is 146 Å². The van der Waals surface area contributed by atoms with Gasteiger partial charge in [-0.25, -0.2) is 4.68 Å². The van der Waals surface area contributed by atoms with E-state index < -0.39 is 0 Å². The molecule has 0 bridgehead atoms. The van der Waals surface area contributed by atoms with Crippen LogP contribution < -0.4 is 10.9 Å². The predicted molar refractivity (Wildman–Crippen MR) is 98.7 cm³/mol. The average molecular weight is 335 g/mol. The molecule has 0 aliphatic heterocycles. The normalized spacial score (nSPS) is 12.1. The molecular weight excluding hydrogens is 314 g/mol. The first-order valence-corrected chi connectivity index (χ1v) is 8.34. The summed E-state index contributed by atoms with van der Waals surface area (Å²) in [5.74, 6) is -0.278. The highest BCUT2D eigenvalue weighted by atomic mass is 16.2. The van der Waals surface area contributed by atoms with Crippen LogP contribution in [0, 0.1) is 6.92 Å². The molecule has 0 aliphatic carbocycles. The van der Waals surface area contributed by atoms with Crippen LogP contribution >= 0.6 is 0 Å². The Hall–Kier alpha value is -2.95. The van der Waals surface area contributed by atoms with Crippen molar-refractivity contribution in [2.75, 3.05) is 0 Å². The molecular formula is C20H21N3O2. The molecule has 128 valence electrons. The second kappa shape index (κ2) is 6.89. The molecule has 0 saturated carbocycles. The van der Waals surface area contributed by atoms with E-state index in [2.05, 4.69) is 10.4 Å². The van der Waals surface area contributed by atoms with Crippen molar-refractivity contribution in [3.05, 3.63) is 75.7 Å². The Morgan fingerprint density at radius 2 is 1.76 bits per heavy atom. The molecule has 5 nitrogen and oxygen atoms in total. The number of rotatable bonds is 4. The standard InChI is InChI=1S/C20H21N3O2/c1-4-17(14-11-9-13(2)10-12-14)21-19(24)18-15-7-5-6-8-16(15)20(25)23(3)22-18/h5-12,17H,4H2,1-3H3,(H,21,24)/t17-/m1/s1. The van der Waals surface area contributed by atoms with Gasteiger partial charge in [0.2, 0.25) is 0 Å². The molecule has 2 aromatic carbocycles. The molecule has 1 N–H and O–H groups in total. The number of carbonyl (C=O) groups excluding carboxylic acids is 1. The number of aromatic nitrogens is 2. The summed E-state index contributed by atoms with van der Waals surface area (Å²) in [6, 6.07) is 15.1. The summed E-state index contributed by atoms with van der Waals surface area (Å²) < 4.78 is 1.21. The van der Waals surface area contributed by atoms with Crippen LogP contribution in [-0.2, 0) is 7.05 Å². The van der Waals surface area contributed by atoms with Crippen molar-refractivity contribution in [2.45, 2.75) is 26.3 Å². The quantitative estimate of drug-likeness (QED) is 0.797. The van der Waals surface area contributed by atoms with Gasteiger partial charge in [0.25, 0.3) is 11.5 Å². The maximum Gasteiger partial charge on any atom is 0.274 e. The van der Waals surface area contributed by atoms with Crippen LogP contribution in [0.25, 0.3) is 10.8 Å². The fourth-order valence-corrected chi connectivity index (χ4v) is 2.91. The third-order valence-electron chi connectivity index (χ3n) is 4.36. The van der Waals surface area contributed by atoms with Gasteiger partial charge in [0.05, 0.1) is 11.4 Å². The molecule has 3 rings (SSSR count). The Balaban J connectivity index is 1.98. The van der Waals surface area contributed by atoms with E-state index in [1.807, 2.05) is 38.1 Å². The van der Waals surface area contributed by atoms with E-state index in [1.54, 1.807) is 31.3 Å². The highest BCUT2D eigenvalue weighted by Crippen LogP contribution is 2.19. The van der Waals surface area contributed by atoms with E-state index in [4.69, 9.17) is 0 Å². The molecule has 0 saturated heterocycles. The number of fused-ring (bicyclic) bond motifs is 1. The summed E-state index contributed by atoms with van der Waals surface area (Å²) in [5.41, 5.74) is 2.28. The Bertz CT molecular complexity index is 974. The van der Waals surface area contributed by atoms with E-state index in [9.17, 15) is 9.59 Å². The Morgan fingerprint density at radius 1 is 1.12 bits per heavy atom. The lowest BCUT2D eigenvalue weighted by molar-refractivity contribution is 0.0930. The lowest BCUT2D eigenvalue weighted by Crippen LogP contribution is -2.32. The maximum atomic E-state index is 12.8. The Morgan fingerprint density at radius 3 is 2.40 bits per heavy atom. The van der Waals surface area contributed by atoms with Crippen molar-refractivity contribution in [2.24, 2.45) is 7.05 Å². The van der Waals surface area contributed by atoms with Gasteiger partial charge >= 0.3 is 0 Å². The number of nitrogens with one attached hydrogen (secondary N) is 1. The summed E-state index contributed by atoms with van der Waals surface area (Å²) in [6.07, 6.45) is 0.762. The molecule has 1 amide bonds. The minimum absolute atomic E-state index is 0.106. The molecule has 0 aliphatic rings. The molecule has 1 aromatic heterocycles. The van der Waals surface area contributed by atoms with Gasteiger partial charge in [-0.1, -0.05) is 55.0 Å². The van der Waals surface area contributed by atoms with Crippen LogP contribution in [-0.4, -0.2) is 15.7 Å². The fourth-order valence-electron chi connectivity index (χ4n) is 2.91. The fraction of sp³-hybridized carbons (Fsp3) is 0.250. The van der Waals surface area contributed by atoms with E-state index in [0.717, 1.165) is 12.0 Å². The van der Waals surface area contributed by atoms with Crippen LogP contribution in [0.15, 0.2) is 53.3 Å². The second-order valence-corrected chi connectivity index (χ2v) is 6.17. The molecule has 5 heteroatoms. The summed E-state index contributed by atoms with van der Waals surface area (Å²) in [7, 11) is 1.56. The van der Waals surface area contributed by atoms with Crippen molar-refractivity contribution in [1.82, 2.24) is 15.1 Å². The smallest absolute Gasteiger partial charge is 0.274 e. The minimum atomic E-state index is -0.278. The zero-order valence-electron chi connectivity index (χ0n) is 14.6. The van der Waals surface area contributed by atoms with Crippen LogP contribution in [0.4, 0.5) is 0 Å². The first-order valence-electron chi connectivity index (χ1n) is 8.34. The average Bonchev–Trinajstić information content (AvgIpc) is 2.63. The van der Waals surface area contributed by atoms with Gasteiger partial charge in [-0.15, -0.1) is 0 Å². The first-order chi connectivity index (χ1) is 12.0. The number of amides is 1. The largest absolute Gasteiger partial charge is 0.344 e. The van der Waals surface area contributed by atoms with E-state index in [-0.39, 0.29) is 23.2 Å². The predicted octanol–water partition coefficient (Wildman–Crippen LogP) is 3.12. The highest BCUT2D eigenvalue weighted by molar-refractivity contribution is 6.04. The van der Waals surface area contributed by atoms with Crippen molar-refractivity contribution in [3.63, 3.8) is 0 Å². The van der Waals surface area contributed by atoms with Crippen LogP contribution in [0.3, 0.4) is 0 Å². The SMILES string of the molecule is CC[C@@H](NC(=O)c1nn(C)c(=O)c2ccccc12)c1ccc(C)cc1. The third-order valence-corrected chi connectivity index (χ3v) is 4.36. The number of hydrogen-bond acceptors (Lipinski definition) is 3. The molecule has 1 atom stereocenters. The van der Waals surface area contributed by atoms with Crippen LogP contribution in [0.5, 0.6) is 0 Å². The highest BCUT2D eigenvalue weighted by Gasteiger charge is 2.19. The number of carbonyl (C=O) groups is 1. The number of aryl methyl sites for hydroxylation is 2. The molecule has 0 spiro atoms. The molecule has 3 aromatic rings. The first kappa shape index (κ1) is 16.9. The molecule has 1 heterocycles. The second-order valence-electron chi connectivity index (χ2n) is 6.17. The van der Waals surface area contributed by atoms with Crippen molar-refractivity contribution >= 4 is 16.7 Å². The maximum absolute atomic E-state index is 12.8. The van der Waals surface area contributed by atoms with Gasteiger partial charge in [0.15, 0.2) is 5.69 Å². The third kappa shape index (κ3) is 3.31. The molecule has 25 heavy (non-hydrogen) atoms. The summed E-state index contributed by atoms with van der Waals surface area (Å²) in [4.78, 5) is 25.0. The number of hydrogen-bond donors (Lipinski definition) is 1. The van der Waals surface area contributed by atoms with Crippen LogP contribution in [0.2, 0.25) is 0 Å². The number of benzene rings is 2. The van der Waals surface area contributed by atoms with Gasteiger partial charge in [0, 0.05) is 12.4 Å². The van der Waals surface area contributed by atoms with E-state index in [0.29, 0.717) is 10.8 Å². The zero-order chi connectivity index (χ0) is 18.0. The van der Waals surface area contributed by atoms with Gasteiger partial charge in [-0.05, 0) is 25.0 Å². The lowest BCUT2D eigenvalue weighted by Gasteiger charge is -2.18. The molecule has 0 unspecified atom stereocenters. The van der Waals surface area contributed by atoms with Gasteiger partial charge in [0.1, 0.15) is 0 Å². The zero-order valence-corrected chi connectivity index (χ0v) is 14.6. The molecule has 0 fully saturated rings. The van der Waals surface area contributed by atoms with E-state index in [1.165, 1.54) is 10.2 Å². The van der Waals surface area contributed by atoms with Crippen molar-refractivity contribution < 1.29 is 4.79 Å². The van der Waals surface area contributed by atoms with Gasteiger partial charge < -0.3 is 5.32 Å². The minimum Gasteiger partial charge on any atom is -0.344 e. The molecule has 0 radical (unpaired) electrons. The number of nitrogens with zero attached hydrogens (tertiary/aromatic N) is 2. The monoisotopic (exact) mass is 335 g/mol. The Kier molecular flexibility index (Phi) is 4.65. The van der Waals surface area contributed by atoms with Crippen molar-refractivity contribution in [1.29, 1.82) is 0 Å². The summed E-state index contributed by atoms with van der Waals surface area (Å²) in [6.45, 7) is 4.06. The topological polar surface area (TPSA) is 64.0 Å². The van der Waals surface area contributed by atoms with Gasteiger partial charge in [-0.3, -0.25) is 9.59 Å². The van der Waals surface area contributed by atoms with Crippen molar-refractivity contribution in [3.8, 4) is 0 Å². The van der Waals surface area contributed by atoms with Gasteiger partial charge in [-0.2, -0.15) is 5.10 Å². The van der Waals surface area contributed by atoms with E-state index >= 15 is 0 Å².